The van der Waals surface area contributed by atoms with E-state index in [0.29, 0.717) is 18.0 Å². The molecule has 112 valence electrons. The molecule has 0 aliphatic rings. The fraction of sp³-hybridized carbons (Fsp3) is 0.462. The number of halogens is 1. The largest absolute Gasteiger partial charge is 0.492 e. The molecule has 0 N–H and O–H groups in total. The summed E-state index contributed by atoms with van der Waals surface area (Å²) in [6, 6.07) is 5.67. The van der Waals surface area contributed by atoms with Gasteiger partial charge in [-0.2, -0.15) is 0 Å². The lowest BCUT2D eigenvalue weighted by molar-refractivity contribution is -0.112. The SMILES string of the molecule is CCOc1ccccc1N(C(C)C(=O)Cl)S(=O)(=O)CC. The molecule has 0 saturated carbocycles. The third-order valence-corrected chi connectivity index (χ3v) is 4.90. The maximum atomic E-state index is 12.3. The number of nitrogens with zero attached hydrogens (tertiary/aromatic N) is 1. The van der Waals surface area contributed by atoms with E-state index in [1.807, 2.05) is 0 Å². The minimum absolute atomic E-state index is 0.137. The summed E-state index contributed by atoms with van der Waals surface area (Å²) in [5.41, 5.74) is 0.317. The lowest BCUT2D eigenvalue weighted by Crippen LogP contribution is -2.43. The molecule has 0 saturated heterocycles. The van der Waals surface area contributed by atoms with Crippen molar-refractivity contribution < 1.29 is 17.9 Å². The molecule has 1 atom stereocenters. The maximum Gasteiger partial charge on any atom is 0.245 e. The van der Waals surface area contributed by atoms with Gasteiger partial charge in [0.2, 0.25) is 15.3 Å². The molecule has 1 unspecified atom stereocenters. The van der Waals surface area contributed by atoms with Crippen molar-refractivity contribution >= 4 is 32.6 Å². The van der Waals surface area contributed by atoms with Crippen molar-refractivity contribution in [3.05, 3.63) is 24.3 Å². The van der Waals surface area contributed by atoms with Crippen molar-refractivity contribution in [2.24, 2.45) is 0 Å². The highest BCUT2D eigenvalue weighted by molar-refractivity contribution is 7.92. The Bertz CT molecular complexity index is 573. The zero-order valence-electron chi connectivity index (χ0n) is 11.7. The van der Waals surface area contributed by atoms with Crippen molar-refractivity contribution in [2.75, 3.05) is 16.7 Å². The highest BCUT2D eigenvalue weighted by Crippen LogP contribution is 2.32. The van der Waals surface area contributed by atoms with E-state index in [1.165, 1.54) is 13.8 Å². The minimum atomic E-state index is -3.65. The van der Waals surface area contributed by atoms with E-state index in [9.17, 15) is 13.2 Å². The molecule has 0 aliphatic heterocycles. The molecule has 20 heavy (non-hydrogen) atoms. The van der Waals surface area contributed by atoms with E-state index in [2.05, 4.69) is 0 Å². The average Bonchev–Trinajstić information content (AvgIpc) is 2.40. The second-order valence-corrected chi connectivity index (χ2v) is 6.58. The van der Waals surface area contributed by atoms with E-state index in [4.69, 9.17) is 16.3 Å². The smallest absolute Gasteiger partial charge is 0.245 e. The number of carbonyl (C=O) groups excluding carboxylic acids is 1. The molecule has 7 heteroatoms. The van der Waals surface area contributed by atoms with E-state index >= 15 is 0 Å². The average molecular weight is 320 g/mol. The number of benzene rings is 1. The molecule has 1 aromatic rings. The Balaban J connectivity index is 3.42. The summed E-state index contributed by atoms with van der Waals surface area (Å²) in [6.07, 6.45) is 0. The third kappa shape index (κ3) is 3.64. The van der Waals surface area contributed by atoms with E-state index in [-0.39, 0.29) is 5.75 Å². The predicted molar refractivity (Wildman–Crippen MR) is 79.9 cm³/mol. The van der Waals surface area contributed by atoms with Gasteiger partial charge in [-0.3, -0.25) is 9.10 Å². The van der Waals surface area contributed by atoms with Crippen molar-refractivity contribution in [1.82, 2.24) is 0 Å². The standard InChI is InChI=1S/C13H18ClNO4S/c1-4-19-12-9-7-6-8-11(12)15(10(3)13(14)16)20(17,18)5-2/h6-10H,4-5H2,1-3H3. The van der Waals surface area contributed by atoms with Crippen LogP contribution in [-0.2, 0) is 14.8 Å². The summed E-state index contributed by atoms with van der Waals surface area (Å²) >= 11 is 5.48. The zero-order valence-corrected chi connectivity index (χ0v) is 13.2. The fourth-order valence-electron chi connectivity index (χ4n) is 1.75. The van der Waals surface area contributed by atoms with Crippen LogP contribution in [0.2, 0.25) is 0 Å². The highest BCUT2D eigenvalue weighted by Gasteiger charge is 2.31. The first kappa shape index (κ1) is 16.8. The summed E-state index contributed by atoms with van der Waals surface area (Å²) in [4.78, 5) is 11.4. The van der Waals surface area contributed by atoms with Gasteiger partial charge in [-0.25, -0.2) is 8.42 Å². The van der Waals surface area contributed by atoms with Crippen LogP contribution >= 0.6 is 11.6 Å². The van der Waals surface area contributed by atoms with Crippen molar-refractivity contribution in [3.8, 4) is 5.75 Å². The van der Waals surface area contributed by atoms with Gasteiger partial charge in [-0.15, -0.1) is 0 Å². The maximum absolute atomic E-state index is 12.3. The van der Waals surface area contributed by atoms with Crippen LogP contribution in [0.5, 0.6) is 5.75 Å². The summed E-state index contributed by atoms with van der Waals surface area (Å²) in [5.74, 6) is 0.263. The van der Waals surface area contributed by atoms with Gasteiger partial charge >= 0.3 is 0 Å². The van der Waals surface area contributed by atoms with Crippen LogP contribution in [0, 0.1) is 0 Å². The summed E-state index contributed by atoms with van der Waals surface area (Å²) in [6.45, 7) is 5.15. The lowest BCUT2D eigenvalue weighted by Gasteiger charge is -2.29. The number of sulfonamides is 1. The van der Waals surface area contributed by atoms with Gasteiger partial charge < -0.3 is 4.74 Å². The molecule has 0 aromatic heterocycles. The Morgan fingerprint density at radius 2 is 1.95 bits per heavy atom. The lowest BCUT2D eigenvalue weighted by atomic mass is 10.2. The van der Waals surface area contributed by atoms with Gasteiger partial charge in [0.05, 0.1) is 18.0 Å². The predicted octanol–water partition coefficient (Wildman–Crippen LogP) is 2.40. The van der Waals surface area contributed by atoms with Gasteiger partial charge in [0.15, 0.2) is 0 Å². The molecule has 0 spiro atoms. The number of carbonyl (C=O) groups is 1. The molecule has 0 radical (unpaired) electrons. The molecule has 0 heterocycles. The fourth-order valence-corrected chi connectivity index (χ4v) is 3.21. The Morgan fingerprint density at radius 3 is 2.45 bits per heavy atom. The van der Waals surface area contributed by atoms with Crippen molar-refractivity contribution in [2.45, 2.75) is 26.8 Å². The number of anilines is 1. The number of rotatable bonds is 7. The van der Waals surface area contributed by atoms with Crippen LogP contribution < -0.4 is 9.04 Å². The highest BCUT2D eigenvalue weighted by atomic mass is 35.5. The van der Waals surface area contributed by atoms with Crippen LogP contribution in [0.25, 0.3) is 0 Å². The second kappa shape index (κ2) is 6.95. The zero-order chi connectivity index (χ0) is 15.3. The first-order valence-electron chi connectivity index (χ1n) is 6.28. The minimum Gasteiger partial charge on any atom is -0.492 e. The summed E-state index contributed by atoms with van der Waals surface area (Å²) in [5, 5.41) is -0.742. The molecule has 0 amide bonds. The third-order valence-electron chi connectivity index (χ3n) is 2.75. The molecule has 0 fully saturated rings. The van der Waals surface area contributed by atoms with Crippen LogP contribution in [0.3, 0.4) is 0 Å². The van der Waals surface area contributed by atoms with E-state index < -0.39 is 21.3 Å². The summed E-state index contributed by atoms with van der Waals surface area (Å²) < 4.78 is 31.0. The van der Waals surface area contributed by atoms with Crippen LogP contribution in [0.15, 0.2) is 24.3 Å². The molecule has 0 bridgehead atoms. The van der Waals surface area contributed by atoms with Gasteiger partial charge in [-0.1, -0.05) is 12.1 Å². The Morgan fingerprint density at radius 1 is 1.35 bits per heavy atom. The summed E-state index contributed by atoms with van der Waals surface area (Å²) in [7, 11) is -3.65. The van der Waals surface area contributed by atoms with Gasteiger partial charge in [-0.05, 0) is 44.5 Å². The number of hydrogen-bond acceptors (Lipinski definition) is 4. The van der Waals surface area contributed by atoms with Crippen molar-refractivity contribution in [3.63, 3.8) is 0 Å². The monoisotopic (exact) mass is 319 g/mol. The first-order valence-corrected chi connectivity index (χ1v) is 8.27. The number of ether oxygens (including phenoxy) is 1. The van der Waals surface area contributed by atoms with Gasteiger partial charge in [0.25, 0.3) is 0 Å². The van der Waals surface area contributed by atoms with E-state index in [1.54, 1.807) is 31.2 Å². The molecule has 0 aliphatic carbocycles. The van der Waals surface area contributed by atoms with Crippen LogP contribution in [0.4, 0.5) is 5.69 Å². The van der Waals surface area contributed by atoms with Crippen LogP contribution in [0.1, 0.15) is 20.8 Å². The van der Waals surface area contributed by atoms with Gasteiger partial charge in [0.1, 0.15) is 11.8 Å². The normalized spacial score (nSPS) is 12.8. The van der Waals surface area contributed by atoms with Crippen LogP contribution in [-0.4, -0.2) is 32.1 Å². The topological polar surface area (TPSA) is 63.7 Å². The molecule has 5 nitrogen and oxygen atoms in total. The molecular weight excluding hydrogens is 302 g/mol. The molecular formula is C13H18ClNO4S. The Hall–Kier alpha value is -1.27. The van der Waals surface area contributed by atoms with Gasteiger partial charge in [0, 0.05) is 0 Å². The van der Waals surface area contributed by atoms with Crippen molar-refractivity contribution in [1.29, 1.82) is 0 Å². The molecule has 1 rings (SSSR count). The Kier molecular flexibility index (Phi) is 5.83. The quantitative estimate of drug-likeness (QED) is 0.724. The van der Waals surface area contributed by atoms with E-state index in [0.717, 1.165) is 4.31 Å². The molecule has 1 aromatic carbocycles. The number of para-hydroxylation sites is 2. The second-order valence-electron chi connectivity index (χ2n) is 4.08. The first-order chi connectivity index (χ1) is 9.35. The number of hydrogen-bond donors (Lipinski definition) is 0. The Labute approximate surface area is 124 Å².